The molecule has 1 saturated carbocycles. The van der Waals surface area contributed by atoms with Crippen LogP contribution in [-0.2, 0) is 28.1 Å². The number of carbonyl (C=O) groups is 1. The van der Waals surface area contributed by atoms with Gasteiger partial charge in [-0.15, -0.1) is 0 Å². The molecule has 3 aliphatic rings. The molecule has 0 aromatic carbocycles. The van der Waals surface area contributed by atoms with Gasteiger partial charge in [-0.1, -0.05) is 0 Å². The molecule has 0 bridgehead atoms. The summed E-state index contributed by atoms with van der Waals surface area (Å²) in [5.41, 5.74) is -2.81. The Morgan fingerprint density at radius 3 is 1.31 bits per heavy atom. The highest BCUT2D eigenvalue weighted by atomic mass is 16.7. The van der Waals surface area contributed by atoms with Crippen molar-refractivity contribution in [2.75, 3.05) is 7.11 Å². The monoisotopic (exact) mass is 366 g/mol. The summed E-state index contributed by atoms with van der Waals surface area (Å²) in [6.07, 6.45) is 0.528. The maximum absolute atomic E-state index is 12.6. The Labute approximate surface area is 157 Å². The molecule has 0 amide bonds. The minimum absolute atomic E-state index is 0.290. The van der Waals surface area contributed by atoms with Crippen molar-refractivity contribution in [2.24, 2.45) is 5.41 Å². The number of esters is 1. The van der Waals surface area contributed by atoms with Crippen LogP contribution in [0.2, 0.25) is 5.21 Å². The fourth-order valence-electron chi connectivity index (χ4n) is 3.93. The summed E-state index contributed by atoms with van der Waals surface area (Å²) in [4.78, 5) is 12.6. The number of carbonyl (C=O) groups excluding carboxylic acids is 1. The van der Waals surface area contributed by atoms with Gasteiger partial charge in [-0.3, -0.25) is 4.79 Å². The minimum Gasteiger partial charge on any atom is -0.469 e. The lowest BCUT2D eigenvalue weighted by molar-refractivity contribution is -0.146. The van der Waals surface area contributed by atoms with Crippen LogP contribution in [0.15, 0.2) is 0 Å². The second kappa shape index (κ2) is 5.28. The molecule has 0 spiro atoms. The fraction of sp³-hybridized carbons (Fsp3) is 0.944. The third-order valence-electron chi connectivity index (χ3n) is 7.53. The second-order valence-corrected chi connectivity index (χ2v) is 10.2. The largest absolute Gasteiger partial charge is 0.469 e. The Bertz CT molecular complexity index is 561. The number of ether oxygens (including phenoxy) is 1. The molecule has 0 aromatic rings. The predicted molar refractivity (Wildman–Crippen MR) is 99.6 cm³/mol. The molecule has 0 radical (unpaired) electrons. The fourth-order valence-corrected chi connectivity index (χ4v) is 3.93. The van der Waals surface area contributed by atoms with Gasteiger partial charge in [0.15, 0.2) is 0 Å². The van der Waals surface area contributed by atoms with E-state index < -0.39 is 47.3 Å². The van der Waals surface area contributed by atoms with Gasteiger partial charge in [0, 0.05) is 0 Å². The molecule has 146 valence electrons. The molecule has 1 aliphatic carbocycles. The zero-order valence-electron chi connectivity index (χ0n) is 17.8. The van der Waals surface area contributed by atoms with E-state index in [1.54, 1.807) is 0 Å². The van der Waals surface area contributed by atoms with E-state index in [9.17, 15) is 4.79 Å². The Morgan fingerprint density at radius 1 is 0.731 bits per heavy atom. The van der Waals surface area contributed by atoms with E-state index >= 15 is 0 Å². The lowest BCUT2D eigenvalue weighted by atomic mass is 9.44. The third kappa shape index (κ3) is 2.38. The third-order valence-corrected chi connectivity index (χ3v) is 7.53. The maximum Gasteiger partial charge on any atom is 0.463 e. The van der Waals surface area contributed by atoms with Crippen molar-refractivity contribution in [3.63, 3.8) is 0 Å². The van der Waals surface area contributed by atoms with E-state index in [0.717, 1.165) is 0 Å². The van der Waals surface area contributed by atoms with E-state index in [1.165, 1.54) is 7.11 Å². The lowest BCUT2D eigenvalue weighted by Crippen LogP contribution is -2.45. The summed E-state index contributed by atoms with van der Waals surface area (Å²) in [5.74, 6) is -0.290. The molecule has 2 aliphatic heterocycles. The summed E-state index contributed by atoms with van der Waals surface area (Å²) >= 11 is 0. The Balaban J connectivity index is 2.01. The summed E-state index contributed by atoms with van der Waals surface area (Å²) in [5, 5.41) is -0.754. The number of hydrogen-bond donors (Lipinski definition) is 0. The Kier molecular flexibility index (Phi) is 4.10. The van der Waals surface area contributed by atoms with Crippen LogP contribution in [0.25, 0.3) is 0 Å². The lowest BCUT2D eigenvalue weighted by Gasteiger charge is -2.32. The molecular weight excluding hydrogens is 334 g/mol. The standard InChI is InChI=1S/C18H32B2O6/c1-13(2)14(3,4)24-19(23-13)18(11-17(18,9)12(21)22-10)20-25-15(5,6)16(7,8)26-20/h11H2,1-10H3. The zero-order chi connectivity index (χ0) is 20.0. The van der Waals surface area contributed by atoms with E-state index in [0.29, 0.717) is 6.42 Å². The summed E-state index contributed by atoms with van der Waals surface area (Å²) < 4.78 is 30.5. The molecule has 1 atom stereocenters. The van der Waals surface area contributed by atoms with Crippen molar-refractivity contribution in [3.8, 4) is 0 Å². The van der Waals surface area contributed by atoms with Crippen molar-refractivity contribution < 1.29 is 28.1 Å². The van der Waals surface area contributed by atoms with Crippen LogP contribution in [0.1, 0.15) is 68.7 Å². The van der Waals surface area contributed by atoms with Crippen molar-refractivity contribution in [1.29, 1.82) is 0 Å². The van der Waals surface area contributed by atoms with Gasteiger partial charge in [0.2, 0.25) is 0 Å². The van der Waals surface area contributed by atoms with Gasteiger partial charge in [-0.25, -0.2) is 0 Å². The number of methoxy groups -OCH3 is 1. The van der Waals surface area contributed by atoms with Gasteiger partial charge in [-0.2, -0.15) is 0 Å². The molecule has 3 fully saturated rings. The highest BCUT2D eigenvalue weighted by molar-refractivity contribution is 6.74. The van der Waals surface area contributed by atoms with Gasteiger partial charge >= 0.3 is 20.2 Å². The SMILES string of the molecule is COC(=O)C1(C)CC1(B1OC(C)(C)C(C)(C)O1)B1OC(C)(C)C(C)(C)O1. The van der Waals surface area contributed by atoms with Crippen LogP contribution in [0.5, 0.6) is 0 Å². The first kappa shape index (κ1) is 20.2. The first-order valence-corrected chi connectivity index (χ1v) is 9.36. The smallest absolute Gasteiger partial charge is 0.463 e. The maximum atomic E-state index is 12.6. The van der Waals surface area contributed by atoms with Gasteiger partial charge in [-0.05, 0) is 68.7 Å². The van der Waals surface area contributed by atoms with Crippen molar-refractivity contribution in [3.05, 3.63) is 0 Å². The van der Waals surface area contributed by atoms with Crippen LogP contribution < -0.4 is 0 Å². The summed E-state index contributed by atoms with van der Waals surface area (Å²) in [6.45, 7) is 17.9. The summed E-state index contributed by atoms with van der Waals surface area (Å²) in [7, 11) is 0.170. The first-order valence-electron chi connectivity index (χ1n) is 9.36. The average Bonchev–Trinajstić information content (AvgIpc) is 2.97. The van der Waals surface area contributed by atoms with Gasteiger partial charge in [0.1, 0.15) is 0 Å². The highest BCUT2D eigenvalue weighted by Gasteiger charge is 2.86. The molecule has 0 N–H and O–H groups in total. The summed E-state index contributed by atoms with van der Waals surface area (Å²) in [6, 6.07) is 0. The van der Waals surface area contributed by atoms with Crippen LogP contribution in [-0.4, -0.2) is 49.7 Å². The van der Waals surface area contributed by atoms with Crippen LogP contribution >= 0.6 is 0 Å². The molecule has 1 unspecified atom stereocenters. The van der Waals surface area contributed by atoms with Crippen molar-refractivity contribution in [1.82, 2.24) is 0 Å². The average molecular weight is 366 g/mol. The molecule has 8 heteroatoms. The second-order valence-electron chi connectivity index (χ2n) is 10.2. The van der Waals surface area contributed by atoms with Crippen molar-refractivity contribution >= 4 is 20.2 Å². The van der Waals surface area contributed by atoms with E-state index in [-0.39, 0.29) is 5.97 Å². The van der Waals surface area contributed by atoms with Gasteiger partial charge in [0.05, 0.1) is 40.1 Å². The molecule has 3 rings (SSSR count). The quantitative estimate of drug-likeness (QED) is 0.565. The number of hydrogen-bond acceptors (Lipinski definition) is 6. The Hall–Kier alpha value is -0.560. The molecule has 2 saturated heterocycles. The normalized spacial score (nSPS) is 35.5. The van der Waals surface area contributed by atoms with Gasteiger partial charge in [0.25, 0.3) is 0 Å². The molecule has 2 heterocycles. The van der Waals surface area contributed by atoms with Crippen LogP contribution in [0.3, 0.4) is 0 Å². The molecule has 6 nitrogen and oxygen atoms in total. The molecule has 0 aromatic heterocycles. The van der Waals surface area contributed by atoms with E-state index in [4.69, 9.17) is 23.4 Å². The van der Waals surface area contributed by atoms with E-state index in [1.807, 2.05) is 62.3 Å². The minimum atomic E-state index is -0.788. The topological polar surface area (TPSA) is 63.2 Å². The predicted octanol–water partition coefficient (Wildman–Crippen LogP) is 3.03. The highest BCUT2D eigenvalue weighted by Crippen LogP contribution is 2.76. The van der Waals surface area contributed by atoms with Crippen molar-refractivity contribution in [2.45, 2.75) is 96.4 Å². The molecular formula is C18H32B2O6. The Morgan fingerprint density at radius 2 is 1.04 bits per heavy atom. The van der Waals surface area contributed by atoms with Gasteiger partial charge < -0.3 is 23.4 Å². The number of rotatable bonds is 3. The van der Waals surface area contributed by atoms with Crippen LogP contribution in [0.4, 0.5) is 0 Å². The first-order chi connectivity index (χ1) is 11.6. The van der Waals surface area contributed by atoms with Crippen LogP contribution in [0, 0.1) is 5.41 Å². The molecule has 26 heavy (non-hydrogen) atoms. The van der Waals surface area contributed by atoms with E-state index in [2.05, 4.69) is 0 Å². The zero-order valence-corrected chi connectivity index (χ0v) is 17.8.